The molecule has 1 aliphatic carbocycles. The van der Waals surface area contributed by atoms with Crippen LogP contribution in [0.5, 0.6) is 0 Å². The summed E-state index contributed by atoms with van der Waals surface area (Å²) in [7, 11) is 0. The molecule has 2 heterocycles. The molecule has 0 amide bonds. The predicted molar refractivity (Wildman–Crippen MR) is 45.4 cm³/mol. The quantitative estimate of drug-likeness (QED) is 0.404. The second-order valence-electron chi connectivity index (χ2n) is 4.32. The maximum absolute atomic E-state index is 11.5. The van der Waals surface area contributed by atoms with Gasteiger partial charge in [0.2, 0.25) is 0 Å². The van der Waals surface area contributed by atoms with E-state index in [2.05, 4.69) is 9.47 Å². The Labute approximate surface area is 89.9 Å². The summed E-state index contributed by atoms with van der Waals surface area (Å²) in [6, 6.07) is 0. The summed E-state index contributed by atoms with van der Waals surface area (Å²) >= 11 is 0. The Bertz CT molecular complexity index is 385. The largest absolute Gasteiger partial charge is 0.393 e. The van der Waals surface area contributed by atoms with E-state index in [9.17, 15) is 19.2 Å². The molecule has 0 aromatic rings. The molecule has 4 atom stereocenters. The summed E-state index contributed by atoms with van der Waals surface area (Å²) in [6.07, 6.45) is 0.803. The number of cyclic esters (lactones) is 4. The van der Waals surface area contributed by atoms with Gasteiger partial charge in [0, 0.05) is 0 Å². The van der Waals surface area contributed by atoms with Crippen molar-refractivity contribution in [1.82, 2.24) is 0 Å². The molecule has 0 bridgehead atoms. The van der Waals surface area contributed by atoms with Crippen LogP contribution in [0.4, 0.5) is 0 Å². The van der Waals surface area contributed by atoms with Crippen molar-refractivity contribution in [3.8, 4) is 0 Å². The van der Waals surface area contributed by atoms with E-state index in [0.717, 1.165) is 0 Å². The number of carbonyl (C=O) groups excluding carboxylic acids is 4. The van der Waals surface area contributed by atoms with Crippen LogP contribution in [0.25, 0.3) is 0 Å². The first kappa shape index (κ1) is 9.50. The highest BCUT2D eigenvalue weighted by Gasteiger charge is 2.61. The summed E-state index contributed by atoms with van der Waals surface area (Å²) in [5.74, 6) is -5.34. The fourth-order valence-electron chi connectivity index (χ4n) is 2.86. The molecule has 16 heavy (non-hydrogen) atoms. The first-order valence-corrected chi connectivity index (χ1v) is 5.10. The second-order valence-corrected chi connectivity index (χ2v) is 4.32. The summed E-state index contributed by atoms with van der Waals surface area (Å²) in [4.78, 5) is 45.5. The van der Waals surface area contributed by atoms with E-state index < -0.39 is 47.5 Å². The van der Waals surface area contributed by atoms with Gasteiger partial charge in [0.1, 0.15) is 0 Å². The minimum Gasteiger partial charge on any atom is -0.393 e. The van der Waals surface area contributed by atoms with E-state index in [1.54, 1.807) is 0 Å². The minimum atomic E-state index is -0.815. The third kappa shape index (κ3) is 1.01. The number of ether oxygens (including phenoxy) is 2. The molecule has 0 aromatic heterocycles. The van der Waals surface area contributed by atoms with Crippen molar-refractivity contribution in [2.45, 2.75) is 12.8 Å². The lowest BCUT2D eigenvalue weighted by Gasteiger charge is -2.26. The topological polar surface area (TPSA) is 86.7 Å². The first-order chi connectivity index (χ1) is 7.59. The zero-order valence-corrected chi connectivity index (χ0v) is 8.17. The Morgan fingerprint density at radius 3 is 1.44 bits per heavy atom. The molecule has 84 valence electrons. The third-order valence-electron chi connectivity index (χ3n) is 3.59. The Hall–Kier alpha value is -1.72. The molecule has 1 saturated carbocycles. The molecule has 2 aliphatic heterocycles. The Kier molecular flexibility index (Phi) is 1.72. The van der Waals surface area contributed by atoms with Crippen molar-refractivity contribution in [3.05, 3.63) is 0 Å². The molecule has 0 spiro atoms. The molecular weight excluding hydrogens is 216 g/mol. The fourth-order valence-corrected chi connectivity index (χ4v) is 2.86. The lowest BCUT2D eigenvalue weighted by Crippen LogP contribution is -2.38. The summed E-state index contributed by atoms with van der Waals surface area (Å²) in [6.45, 7) is 0. The van der Waals surface area contributed by atoms with Crippen molar-refractivity contribution in [2.75, 3.05) is 0 Å². The Balaban J connectivity index is 2.01. The second kappa shape index (κ2) is 2.90. The normalized spacial score (nSPS) is 41.5. The molecule has 3 aliphatic rings. The van der Waals surface area contributed by atoms with Crippen molar-refractivity contribution >= 4 is 23.9 Å². The summed E-state index contributed by atoms with van der Waals surface area (Å²) < 4.78 is 9.01. The molecule has 3 fully saturated rings. The summed E-state index contributed by atoms with van der Waals surface area (Å²) in [5, 5.41) is 0. The number of hydrogen-bond donors (Lipinski definition) is 0. The van der Waals surface area contributed by atoms with Crippen LogP contribution < -0.4 is 0 Å². The van der Waals surface area contributed by atoms with Gasteiger partial charge < -0.3 is 9.47 Å². The van der Waals surface area contributed by atoms with Gasteiger partial charge in [-0.25, -0.2) is 0 Å². The average molecular weight is 224 g/mol. The molecule has 6 nitrogen and oxygen atoms in total. The predicted octanol–water partition coefficient (Wildman–Crippen LogP) is -0.588. The van der Waals surface area contributed by atoms with Crippen LogP contribution in [0.1, 0.15) is 12.8 Å². The standard InChI is InChI=1S/C10H8O6/c11-7-3-1-2-4-6(5(3)9(13)15-7)10(14)16-8(4)12/h3-6H,1-2H2/t3-,4-,5-,6-/m0/s1. The molecule has 0 radical (unpaired) electrons. The van der Waals surface area contributed by atoms with Crippen LogP contribution in [0.15, 0.2) is 0 Å². The van der Waals surface area contributed by atoms with Crippen molar-refractivity contribution in [1.29, 1.82) is 0 Å². The van der Waals surface area contributed by atoms with E-state index in [4.69, 9.17) is 0 Å². The van der Waals surface area contributed by atoms with Crippen LogP contribution in [0.3, 0.4) is 0 Å². The molecule has 6 heteroatoms. The van der Waals surface area contributed by atoms with E-state index in [-0.39, 0.29) is 0 Å². The molecule has 2 saturated heterocycles. The number of esters is 4. The van der Waals surface area contributed by atoms with Crippen molar-refractivity contribution in [3.63, 3.8) is 0 Å². The molecular formula is C10H8O6. The molecule has 0 aromatic carbocycles. The maximum atomic E-state index is 11.5. The lowest BCUT2D eigenvalue weighted by molar-refractivity contribution is -0.158. The van der Waals surface area contributed by atoms with Gasteiger partial charge in [-0.2, -0.15) is 0 Å². The smallest absolute Gasteiger partial charge is 0.318 e. The zero-order chi connectivity index (χ0) is 11.4. The SMILES string of the molecule is O=C1OC(=O)[C@H]2CC[C@@H]3C(=O)OC(=O)[C@@H]3[C@@H]12. The van der Waals surface area contributed by atoms with Gasteiger partial charge in [-0.1, -0.05) is 0 Å². The first-order valence-electron chi connectivity index (χ1n) is 5.10. The maximum Gasteiger partial charge on any atom is 0.318 e. The van der Waals surface area contributed by atoms with E-state index in [1.807, 2.05) is 0 Å². The van der Waals surface area contributed by atoms with Gasteiger partial charge >= 0.3 is 23.9 Å². The number of hydrogen-bond acceptors (Lipinski definition) is 6. The van der Waals surface area contributed by atoms with Gasteiger partial charge in [0.05, 0.1) is 23.7 Å². The van der Waals surface area contributed by atoms with E-state index in [1.165, 1.54) is 0 Å². The van der Waals surface area contributed by atoms with Gasteiger partial charge in [0.15, 0.2) is 0 Å². The zero-order valence-electron chi connectivity index (χ0n) is 8.17. The van der Waals surface area contributed by atoms with Crippen LogP contribution in [0, 0.1) is 23.7 Å². The van der Waals surface area contributed by atoms with E-state index in [0.29, 0.717) is 12.8 Å². The van der Waals surface area contributed by atoms with Crippen LogP contribution >= 0.6 is 0 Å². The highest BCUT2D eigenvalue weighted by atomic mass is 16.6. The minimum absolute atomic E-state index is 0.402. The number of rotatable bonds is 0. The molecule has 0 unspecified atom stereocenters. The van der Waals surface area contributed by atoms with Crippen molar-refractivity contribution in [2.24, 2.45) is 23.7 Å². The molecule has 0 N–H and O–H groups in total. The van der Waals surface area contributed by atoms with Crippen molar-refractivity contribution < 1.29 is 28.7 Å². The molecule has 3 rings (SSSR count). The van der Waals surface area contributed by atoms with Gasteiger partial charge in [-0.05, 0) is 12.8 Å². The summed E-state index contributed by atoms with van der Waals surface area (Å²) in [5.41, 5.74) is 0. The van der Waals surface area contributed by atoms with Crippen LogP contribution in [-0.4, -0.2) is 23.9 Å². The lowest BCUT2D eigenvalue weighted by atomic mass is 9.68. The fraction of sp³-hybridized carbons (Fsp3) is 0.600. The highest BCUT2D eigenvalue weighted by Crippen LogP contribution is 2.47. The van der Waals surface area contributed by atoms with Crippen LogP contribution in [-0.2, 0) is 28.7 Å². The highest BCUT2D eigenvalue weighted by molar-refractivity contribution is 6.04. The van der Waals surface area contributed by atoms with Gasteiger partial charge in [0.25, 0.3) is 0 Å². The van der Waals surface area contributed by atoms with E-state index >= 15 is 0 Å². The number of carbonyl (C=O) groups is 4. The average Bonchev–Trinajstić information content (AvgIpc) is 2.67. The Morgan fingerprint density at radius 1 is 0.688 bits per heavy atom. The number of fused-ring (bicyclic) bond motifs is 3. The third-order valence-corrected chi connectivity index (χ3v) is 3.59. The monoisotopic (exact) mass is 224 g/mol. The Morgan fingerprint density at radius 2 is 1.06 bits per heavy atom. The van der Waals surface area contributed by atoms with Gasteiger partial charge in [-0.3, -0.25) is 19.2 Å². The van der Waals surface area contributed by atoms with Gasteiger partial charge in [-0.15, -0.1) is 0 Å². The van der Waals surface area contributed by atoms with Crippen LogP contribution in [0.2, 0.25) is 0 Å².